The number of benzene rings is 1. The first-order chi connectivity index (χ1) is 9.15. The second-order valence-electron chi connectivity index (χ2n) is 4.62. The monoisotopic (exact) mass is 263 g/mol. The second-order valence-corrected chi connectivity index (χ2v) is 4.62. The molecule has 0 bridgehead atoms. The van der Waals surface area contributed by atoms with Crippen LogP contribution < -0.4 is 15.4 Å². The van der Waals surface area contributed by atoms with Crippen LogP contribution in [0.1, 0.15) is 25.8 Å². The average molecular weight is 263 g/mol. The molecule has 1 rings (SSSR count). The van der Waals surface area contributed by atoms with E-state index in [2.05, 4.69) is 35.5 Å². The van der Waals surface area contributed by atoms with E-state index < -0.39 is 0 Å². The number of rotatable bonds is 6. The van der Waals surface area contributed by atoms with Gasteiger partial charge in [0.25, 0.3) is 0 Å². The smallest absolute Gasteiger partial charge is 0.191 e. The fraction of sp³-hybridized carbons (Fsp3) is 0.533. The lowest BCUT2D eigenvalue weighted by atomic mass is 10.2. The fourth-order valence-electron chi connectivity index (χ4n) is 1.67. The zero-order valence-electron chi connectivity index (χ0n) is 12.4. The van der Waals surface area contributed by atoms with Crippen molar-refractivity contribution in [3.05, 3.63) is 29.8 Å². The van der Waals surface area contributed by atoms with Gasteiger partial charge in [-0.15, -0.1) is 0 Å². The first kappa shape index (κ1) is 15.3. The Kier molecular flexibility index (Phi) is 6.79. The minimum Gasteiger partial charge on any atom is -0.489 e. The summed E-state index contributed by atoms with van der Waals surface area (Å²) in [4.78, 5) is 4.16. The van der Waals surface area contributed by atoms with Crippen molar-refractivity contribution >= 4 is 5.96 Å². The molecule has 0 radical (unpaired) electrons. The molecule has 2 N–H and O–H groups in total. The van der Waals surface area contributed by atoms with Crippen molar-refractivity contribution in [1.29, 1.82) is 0 Å². The molecule has 0 aliphatic rings. The van der Waals surface area contributed by atoms with Crippen LogP contribution in [0.2, 0.25) is 0 Å². The zero-order chi connectivity index (χ0) is 14.1. The van der Waals surface area contributed by atoms with Crippen LogP contribution >= 0.6 is 0 Å². The second kappa shape index (κ2) is 8.40. The summed E-state index contributed by atoms with van der Waals surface area (Å²) in [6.45, 7) is 7.88. The van der Waals surface area contributed by atoms with Gasteiger partial charge in [-0.2, -0.15) is 0 Å². The van der Waals surface area contributed by atoms with Crippen LogP contribution in [-0.4, -0.2) is 32.2 Å². The Hall–Kier alpha value is -1.71. The summed E-state index contributed by atoms with van der Waals surface area (Å²) in [6.07, 6.45) is 1.16. The highest BCUT2D eigenvalue weighted by Crippen LogP contribution is 2.13. The summed E-state index contributed by atoms with van der Waals surface area (Å²) in [7, 11) is 1.77. The Morgan fingerprint density at radius 1 is 1.37 bits per heavy atom. The lowest BCUT2D eigenvalue weighted by Crippen LogP contribution is -2.42. The molecule has 0 aromatic heterocycles. The van der Waals surface area contributed by atoms with Crippen molar-refractivity contribution < 1.29 is 4.74 Å². The summed E-state index contributed by atoms with van der Waals surface area (Å²) in [6, 6.07) is 8.09. The van der Waals surface area contributed by atoms with Crippen LogP contribution in [0.4, 0.5) is 0 Å². The predicted molar refractivity (Wildman–Crippen MR) is 80.9 cm³/mol. The summed E-state index contributed by atoms with van der Waals surface area (Å²) in [5.74, 6) is 1.73. The van der Waals surface area contributed by atoms with Crippen molar-refractivity contribution in [3.8, 4) is 5.75 Å². The van der Waals surface area contributed by atoms with Gasteiger partial charge in [-0.3, -0.25) is 4.99 Å². The first-order valence-electron chi connectivity index (χ1n) is 6.83. The van der Waals surface area contributed by atoms with E-state index in [0.717, 1.165) is 31.2 Å². The third-order valence-electron chi connectivity index (χ3n) is 2.65. The minimum atomic E-state index is 0.0852. The SMILES string of the molecule is CCCNC(=NC)NCC(C)Oc1cccc(C)c1. The number of hydrogen-bond acceptors (Lipinski definition) is 2. The van der Waals surface area contributed by atoms with Crippen LogP contribution in [0.15, 0.2) is 29.3 Å². The molecule has 0 fully saturated rings. The van der Waals surface area contributed by atoms with E-state index in [1.807, 2.05) is 25.1 Å². The summed E-state index contributed by atoms with van der Waals surface area (Å²) < 4.78 is 5.85. The maximum atomic E-state index is 5.85. The molecule has 1 aromatic carbocycles. The number of nitrogens with zero attached hydrogens (tertiary/aromatic N) is 1. The molecular formula is C15H25N3O. The number of ether oxygens (including phenoxy) is 1. The Balaban J connectivity index is 2.36. The fourth-order valence-corrected chi connectivity index (χ4v) is 1.67. The van der Waals surface area contributed by atoms with Gasteiger partial charge in [-0.1, -0.05) is 19.1 Å². The molecule has 1 unspecified atom stereocenters. The maximum absolute atomic E-state index is 5.85. The van der Waals surface area contributed by atoms with Gasteiger partial charge in [0.15, 0.2) is 5.96 Å². The number of hydrogen-bond donors (Lipinski definition) is 2. The Morgan fingerprint density at radius 3 is 2.79 bits per heavy atom. The van der Waals surface area contributed by atoms with E-state index in [0.29, 0.717) is 0 Å². The van der Waals surface area contributed by atoms with Gasteiger partial charge in [-0.05, 0) is 38.0 Å². The molecule has 0 heterocycles. The quantitative estimate of drug-likeness (QED) is 0.611. The van der Waals surface area contributed by atoms with Gasteiger partial charge in [0, 0.05) is 13.6 Å². The van der Waals surface area contributed by atoms with E-state index in [9.17, 15) is 0 Å². The predicted octanol–water partition coefficient (Wildman–Crippen LogP) is 2.34. The highest BCUT2D eigenvalue weighted by Gasteiger charge is 2.05. The van der Waals surface area contributed by atoms with E-state index in [4.69, 9.17) is 4.74 Å². The van der Waals surface area contributed by atoms with Gasteiger partial charge in [0.05, 0.1) is 6.54 Å². The highest BCUT2D eigenvalue weighted by atomic mass is 16.5. The minimum absolute atomic E-state index is 0.0852. The molecule has 1 aromatic rings. The van der Waals surface area contributed by atoms with Crippen molar-refractivity contribution in [2.24, 2.45) is 4.99 Å². The first-order valence-corrected chi connectivity index (χ1v) is 6.83. The summed E-state index contributed by atoms with van der Waals surface area (Å²) in [5, 5.41) is 6.48. The molecule has 106 valence electrons. The molecule has 0 saturated carbocycles. The molecule has 0 aliphatic carbocycles. The van der Waals surface area contributed by atoms with Crippen molar-refractivity contribution in [2.75, 3.05) is 20.1 Å². The largest absolute Gasteiger partial charge is 0.489 e. The lowest BCUT2D eigenvalue weighted by molar-refractivity contribution is 0.223. The standard InChI is InChI=1S/C15H25N3O/c1-5-9-17-15(16-4)18-11-13(3)19-14-8-6-7-12(2)10-14/h6-8,10,13H,5,9,11H2,1-4H3,(H2,16,17,18). The van der Waals surface area contributed by atoms with Crippen molar-refractivity contribution in [3.63, 3.8) is 0 Å². The molecule has 4 nitrogen and oxygen atoms in total. The molecule has 1 atom stereocenters. The molecule has 0 saturated heterocycles. The van der Waals surface area contributed by atoms with E-state index >= 15 is 0 Å². The van der Waals surface area contributed by atoms with Crippen LogP contribution in [0.25, 0.3) is 0 Å². The third kappa shape index (κ3) is 6.13. The van der Waals surface area contributed by atoms with Crippen LogP contribution in [0.3, 0.4) is 0 Å². The molecule has 4 heteroatoms. The van der Waals surface area contributed by atoms with Crippen LogP contribution in [0, 0.1) is 6.92 Å². The third-order valence-corrected chi connectivity index (χ3v) is 2.65. The van der Waals surface area contributed by atoms with Crippen LogP contribution in [-0.2, 0) is 0 Å². The normalized spacial score (nSPS) is 12.9. The Morgan fingerprint density at radius 2 is 2.16 bits per heavy atom. The molecule has 0 spiro atoms. The average Bonchev–Trinajstić information content (AvgIpc) is 2.39. The lowest BCUT2D eigenvalue weighted by Gasteiger charge is -2.17. The Bertz CT molecular complexity index is 404. The van der Waals surface area contributed by atoms with Gasteiger partial charge in [0.2, 0.25) is 0 Å². The van der Waals surface area contributed by atoms with Crippen LogP contribution in [0.5, 0.6) is 5.75 Å². The number of guanidine groups is 1. The van der Waals surface area contributed by atoms with Gasteiger partial charge < -0.3 is 15.4 Å². The number of aliphatic imine (C=N–C) groups is 1. The maximum Gasteiger partial charge on any atom is 0.191 e. The molecule has 0 amide bonds. The zero-order valence-corrected chi connectivity index (χ0v) is 12.4. The van der Waals surface area contributed by atoms with Gasteiger partial charge >= 0.3 is 0 Å². The Labute approximate surface area is 116 Å². The summed E-state index contributed by atoms with van der Waals surface area (Å²) >= 11 is 0. The number of nitrogens with one attached hydrogen (secondary N) is 2. The molecular weight excluding hydrogens is 238 g/mol. The molecule has 19 heavy (non-hydrogen) atoms. The topological polar surface area (TPSA) is 45.7 Å². The van der Waals surface area contributed by atoms with Gasteiger partial charge in [-0.25, -0.2) is 0 Å². The van der Waals surface area contributed by atoms with E-state index in [1.54, 1.807) is 7.05 Å². The van der Waals surface area contributed by atoms with Crippen molar-refractivity contribution in [1.82, 2.24) is 10.6 Å². The molecule has 0 aliphatic heterocycles. The van der Waals surface area contributed by atoms with Gasteiger partial charge in [0.1, 0.15) is 11.9 Å². The highest BCUT2D eigenvalue weighted by molar-refractivity contribution is 5.79. The summed E-state index contributed by atoms with van der Waals surface area (Å²) in [5.41, 5.74) is 1.21. The van der Waals surface area contributed by atoms with E-state index in [1.165, 1.54) is 5.56 Å². The van der Waals surface area contributed by atoms with Crippen molar-refractivity contribution in [2.45, 2.75) is 33.3 Å². The van der Waals surface area contributed by atoms with E-state index in [-0.39, 0.29) is 6.10 Å². The number of aryl methyl sites for hydroxylation is 1.